The number of carbonyl (C=O) groups excluding carboxylic acids is 2. The summed E-state index contributed by atoms with van der Waals surface area (Å²) in [6.45, 7) is 4.43. The van der Waals surface area contributed by atoms with Gasteiger partial charge in [-0.05, 0) is 49.6 Å². The Balaban J connectivity index is 1.70. The molecule has 202 valence electrons. The van der Waals surface area contributed by atoms with E-state index in [2.05, 4.69) is 5.32 Å². The normalized spacial score (nSPS) is 13.2. The lowest BCUT2D eigenvalue weighted by atomic mass is 10.1. The largest absolute Gasteiger partial charge is 0.454 e. The van der Waals surface area contributed by atoms with Crippen molar-refractivity contribution in [1.82, 2.24) is 10.2 Å². The van der Waals surface area contributed by atoms with Crippen LogP contribution in [0.1, 0.15) is 45.1 Å². The van der Waals surface area contributed by atoms with Gasteiger partial charge in [0.2, 0.25) is 28.6 Å². The van der Waals surface area contributed by atoms with Gasteiger partial charge in [-0.1, -0.05) is 25.5 Å². The zero-order valence-electron chi connectivity index (χ0n) is 21.4. The van der Waals surface area contributed by atoms with Crippen molar-refractivity contribution in [1.29, 1.82) is 0 Å². The molecule has 0 aromatic heterocycles. The van der Waals surface area contributed by atoms with Gasteiger partial charge in [0.1, 0.15) is 11.9 Å². The predicted octanol–water partition coefficient (Wildman–Crippen LogP) is 3.43. The van der Waals surface area contributed by atoms with Crippen LogP contribution in [0.3, 0.4) is 0 Å². The maximum atomic E-state index is 13.4. The Hall–Kier alpha value is -3.34. The van der Waals surface area contributed by atoms with Gasteiger partial charge < -0.3 is 19.7 Å². The zero-order chi connectivity index (χ0) is 27.0. The van der Waals surface area contributed by atoms with E-state index >= 15 is 0 Å². The molecule has 0 spiro atoms. The maximum Gasteiger partial charge on any atom is 0.242 e. The molecule has 2 aromatic carbocycles. The molecule has 37 heavy (non-hydrogen) atoms. The van der Waals surface area contributed by atoms with E-state index in [-0.39, 0.29) is 44.5 Å². The molecule has 0 unspecified atom stereocenters. The van der Waals surface area contributed by atoms with Crippen molar-refractivity contribution in [3.63, 3.8) is 0 Å². The van der Waals surface area contributed by atoms with Gasteiger partial charge in [-0.3, -0.25) is 13.9 Å². The van der Waals surface area contributed by atoms with Crippen LogP contribution < -0.4 is 19.1 Å². The molecule has 1 atom stereocenters. The molecule has 0 saturated carbocycles. The standard InChI is InChI=1S/C26H34FN3O6S/c1-4-5-14-28-26(32)19(2)29(17-20-8-10-21(27)11-9-20)25(31)7-6-15-30(37(3,33)34)22-12-13-23-24(16-22)36-18-35-23/h8-13,16,19H,4-7,14-15,17-18H2,1-3H3,(H,28,32)/t19-/m0/s1. The number of nitrogens with one attached hydrogen (secondary N) is 1. The van der Waals surface area contributed by atoms with Crippen LogP contribution in [0, 0.1) is 5.82 Å². The highest BCUT2D eigenvalue weighted by molar-refractivity contribution is 7.92. The molecule has 0 bridgehead atoms. The van der Waals surface area contributed by atoms with E-state index in [1.54, 1.807) is 37.3 Å². The van der Waals surface area contributed by atoms with E-state index in [9.17, 15) is 22.4 Å². The van der Waals surface area contributed by atoms with Gasteiger partial charge in [0, 0.05) is 32.1 Å². The number of rotatable bonds is 13. The monoisotopic (exact) mass is 535 g/mol. The molecule has 0 fully saturated rings. The molecule has 1 heterocycles. The van der Waals surface area contributed by atoms with E-state index in [1.165, 1.54) is 21.3 Å². The van der Waals surface area contributed by atoms with Crippen LogP contribution in [-0.2, 0) is 26.2 Å². The Kier molecular flexibility index (Phi) is 9.73. The Morgan fingerprint density at radius 3 is 2.46 bits per heavy atom. The molecule has 1 aliphatic heterocycles. The van der Waals surface area contributed by atoms with Crippen molar-refractivity contribution in [2.75, 3.05) is 30.4 Å². The molecule has 0 saturated heterocycles. The second kappa shape index (κ2) is 12.8. The summed E-state index contributed by atoms with van der Waals surface area (Å²) in [6, 6.07) is 9.86. The SMILES string of the molecule is CCCCNC(=O)[C@H](C)N(Cc1ccc(F)cc1)C(=O)CCCN(c1ccc2c(c1)OCO2)S(C)(=O)=O. The van der Waals surface area contributed by atoms with Gasteiger partial charge in [0.05, 0.1) is 11.9 Å². The van der Waals surface area contributed by atoms with E-state index in [0.717, 1.165) is 19.1 Å². The number of ether oxygens (including phenoxy) is 2. The molecule has 11 heteroatoms. The molecule has 2 amide bonds. The topological polar surface area (TPSA) is 105 Å². The zero-order valence-corrected chi connectivity index (χ0v) is 22.2. The molecule has 3 rings (SSSR count). The van der Waals surface area contributed by atoms with Gasteiger partial charge in [0.25, 0.3) is 0 Å². The highest BCUT2D eigenvalue weighted by Crippen LogP contribution is 2.36. The molecule has 9 nitrogen and oxygen atoms in total. The Morgan fingerprint density at radius 1 is 1.08 bits per heavy atom. The molecule has 0 aliphatic carbocycles. The van der Waals surface area contributed by atoms with Crippen molar-refractivity contribution >= 4 is 27.5 Å². The number of fused-ring (bicyclic) bond motifs is 1. The second-order valence-electron chi connectivity index (χ2n) is 8.94. The molecule has 1 N–H and O–H groups in total. The summed E-state index contributed by atoms with van der Waals surface area (Å²) in [5, 5.41) is 2.85. The van der Waals surface area contributed by atoms with Gasteiger partial charge >= 0.3 is 0 Å². The fourth-order valence-electron chi connectivity index (χ4n) is 3.95. The maximum absolute atomic E-state index is 13.4. The lowest BCUT2D eigenvalue weighted by Gasteiger charge is -2.29. The molecule has 2 aromatic rings. The van der Waals surface area contributed by atoms with Gasteiger partial charge in [-0.15, -0.1) is 0 Å². The van der Waals surface area contributed by atoms with Gasteiger partial charge in [0.15, 0.2) is 11.5 Å². The van der Waals surface area contributed by atoms with Crippen LogP contribution in [0.5, 0.6) is 11.5 Å². The molecule has 0 radical (unpaired) electrons. The minimum Gasteiger partial charge on any atom is -0.454 e. The summed E-state index contributed by atoms with van der Waals surface area (Å²) in [6.07, 6.45) is 3.09. The third kappa shape index (κ3) is 7.82. The van der Waals surface area contributed by atoms with Crippen LogP contribution in [0.15, 0.2) is 42.5 Å². The number of hydrogen-bond donors (Lipinski definition) is 1. The first-order valence-corrected chi connectivity index (χ1v) is 14.1. The summed E-state index contributed by atoms with van der Waals surface area (Å²) < 4.78 is 50.3. The first-order chi connectivity index (χ1) is 17.6. The summed E-state index contributed by atoms with van der Waals surface area (Å²) in [7, 11) is -3.64. The quantitative estimate of drug-likeness (QED) is 0.394. The van der Waals surface area contributed by atoms with Crippen LogP contribution in [0.25, 0.3) is 0 Å². The Bertz CT molecular complexity index is 1190. The fourth-order valence-corrected chi connectivity index (χ4v) is 4.91. The third-order valence-electron chi connectivity index (χ3n) is 6.06. The number of anilines is 1. The number of unbranched alkanes of at least 4 members (excludes halogenated alkanes) is 1. The summed E-state index contributed by atoms with van der Waals surface area (Å²) in [4.78, 5) is 27.4. The van der Waals surface area contributed by atoms with Crippen molar-refractivity contribution in [3.05, 3.63) is 53.8 Å². The van der Waals surface area contributed by atoms with E-state index < -0.39 is 21.9 Å². The van der Waals surface area contributed by atoms with Crippen molar-refractivity contribution in [3.8, 4) is 11.5 Å². The average Bonchev–Trinajstić information content (AvgIpc) is 3.33. The number of hydrogen-bond acceptors (Lipinski definition) is 6. The highest BCUT2D eigenvalue weighted by atomic mass is 32.2. The third-order valence-corrected chi connectivity index (χ3v) is 7.25. The van der Waals surface area contributed by atoms with Crippen LogP contribution in [0.4, 0.5) is 10.1 Å². The minimum absolute atomic E-state index is 0.0182. The molecule has 1 aliphatic rings. The van der Waals surface area contributed by atoms with Crippen molar-refractivity contribution < 1.29 is 31.9 Å². The van der Waals surface area contributed by atoms with Gasteiger partial charge in [-0.25, -0.2) is 12.8 Å². The minimum atomic E-state index is -3.64. The second-order valence-corrected chi connectivity index (χ2v) is 10.9. The predicted molar refractivity (Wildman–Crippen MR) is 138 cm³/mol. The lowest BCUT2D eigenvalue weighted by Crippen LogP contribution is -2.48. The first-order valence-electron chi connectivity index (χ1n) is 12.3. The Labute approximate surface area is 217 Å². The fraction of sp³-hybridized carbons (Fsp3) is 0.462. The average molecular weight is 536 g/mol. The number of nitrogens with zero attached hydrogens (tertiary/aromatic N) is 2. The number of amides is 2. The lowest BCUT2D eigenvalue weighted by molar-refractivity contribution is -0.140. The number of halogens is 1. The summed E-state index contributed by atoms with van der Waals surface area (Å²) in [5.74, 6) is 0.0191. The number of sulfonamides is 1. The smallest absolute Gasteiger partial charge is 0.242 e. The summed E-state index contributed by atoms with van der Waals surface area (Å²) in [5.41, 5.74) is 1.09. The summed E-state index contributed by atoms with van der Waals surface area (Å²) >= 11 is 0. The van der Waals surface area contributed by atoms with Gasteiger partial charge in [-0.2, -0.15) is 0 Å². The van der Waals surface area contributed by atoms with Crippen LogP contribution >= 0.6 is 0 Å². The van der Waals surface area contributed by atoms with E-state index in [0.29, 0.717) is 29.3 Å². The number of carbonyl (C=O) groups is 2. The Morgan fingerprint density at radius 2 is 1.78 bits per heavy atom. The highest BCUT2D eigenvalue weighted by Gasteiger charge is 2.27. The first kappa shape index (κ1) is 28.2. The molecular weight excluding hydrogens is 501 g/mol. The van der Waals surface area contributed by atoms with E-state index in [1.807, 2.05) is 6.92 Å². The van der Waals surface area contributed by atoms with Crippen molar-refractivity contribution in [2.45, 2.75) is 52.1 Å². The molecular formula is C26H34FN3O6S. The number of benzene rings is 2. The van der Waals surface area contributed by atoms with E-state index in [4.69, 9.17) is 9.47 Å². The van der Waals surface area contributed by atoms with Crippen molar-refractivity contribution in [2.24, 2.45) is 0 Å². The van der Waals surface area contributed by atoms with Crippen LogP contribution in [-0.4, -0.2) is 57.3 Å². The van der Waals surface area contributed by atoms with Crippen LogP contribution in [0.2, 0.25) is 0 Å².